The van der Waals surface area contributed by atoms with Gasteiger partial charge in [0.25, 0.3) is 0 Å². The van der Waals surface area contributed by atoms with Gasteiger partial charge >= 0.3 is 5.97 Å². The van der Waals surface area contributed by atoms with Crippen molar-refractivity contribution in [2.75, 3.05) is 20.1 Å². The van der Waals surface area contributed by atoms with E-state index in [4.69, 9.17) is 11.2 Å². The van der Waals surface area contributed by atoms with Gasteiger partial charge in [0.1, 0.15) is 5.60 Å². The van der Waals surface area contributed by atoms with Gasteiger partial charge in [0.15, 0.2) is 0 Å². The molecule has 1 aliphatic heterocycles. The average Bonchev–Trinajstić information content (AvgIpc) is 2.23. The van der Waals surface area contributed by atoms with Crippen LogP contribution in [0.2, 0.25) is 0 Å². The van der Waals surface area contributed by atoms with Gasteiger partial charge in [-0.25, -0.2) is 0 Å². The van der Waals surface area contributed by atoms with Crippen LogP contribution in [0.25, 0.3) is 0 Å². The van der Waals surface area contributed by atoms with Gasteiger partial charge in [0.2, 0.25) is 0 Å². The minimum atomic E-state index is -0.429. The van der Waals surface area contributed by atoms with E-state index in [9.17, 15) is 4.79 Å². The minimum absolute atomic E-state index is 0.0325. The van der Waals surface area contributed by atoms with Crippen molar-refractivity contribution in [1.29, 1.82) is 0 Å². The topological polar surface area (TPSA) is 29.5 Å². The van der Waals surface area contributed by atoms with Crippen molar-refractivity contribution in [3.8, 4) is 12.3 Å². The van der Waals surface area contributed by atoms with E-state index in [1.54, 1.807) is 0 Å². The van der Waals surface area contributed by atoms with Gasteiger partial charge in [-0.1, -0.05) is 12.8 Å². The molecule has 0 saturated carbocycles. The second-order valence-electron chi connectivity index (χ2n) is 4.59. The molecule has 1 fully saturated rings. The zero-order valence-corrected chi connectivity index (χ0v) is 10.5. The Morgan fingerprint density at radius 3 is 2.50 bits per heavy atom. The van der Waals surface area contributed by atoms with E-state index in [1.807, 2.05) is 6.92 Å². The fraction of sp³-hybridized carbons (Fsp3) is 0.769. The summed E-state index contributed by atoms with van der Waals surface area (Å²) in [4.78, 5) is 13.5. The molecule has 1 saturated heterocycles. The SMILES string of the molecule is C#CC(CC)C1(OC(C)=O)CCN(C)CC1. The molecule has 3 nitrogen and oxygen atoms in total. The first-order valence-corrected chi connectivity index (χ1v) is 5.88. The number of carbonyl (C=O) groups excluding carboxylic acids is 1. The highest BCUT2D eigenvalue weighted by Crippen LogP contribution is 2.35. The molecule has 0 aliphatic carbocycles. The first-order valence-electron chi connectivity index (χ1n) is 5.88. The van der Waals surface area contributed by atoms with Crippen LogP contribution in [-0.4, -0.2) is 36.6 Å². The van der Waals surface area contributed by atoms with E-state index < -0.39 is 5.60 Å². The Bertz CT molecular complexity index is 285. The van der Waals surface area contributed by atoms with Crippen LogP contribution in [0, 0.1) is 18.3 Å². The lowest BCUT2D eigenvalue weighted by Crippen LogP contribution is -2.50. The molecule has 0 aromatic heterocycles. The quantitative estimate of drug-likeness (QED) is 0.538. The Morgan fingerprint density at radius 2 is 2.12 bits per heavy atom. The van der Waals surface area contributed by atoms with Crippen molar-refractivity contribution in [1.82, 2.24) is 4.90 Å². The summed E-state index contributed by atoms with van der Waals surface area (Å²) < 4.78 is 5.56. The van der Waals surface area contributed by atoms with Gasteiger partial charge in [-0.15, -0.1) is 6.42 Å². The summed E-state index contributed by atoms with van der Waals surface area (Å²) in [5.74, 6) is 2.60. The zero-order valence-electron chi connectivity index (χ0n) is 10.5. The number of carbonyl (C=O) groups is 1. The summed E-state index contributed by atoms with van der Waals surface area (Å²) in [7, 11) is 2.08. The Kier molecular flexibility index (Phi) is 4.37. The number of hydrogen-bond donors (Lipinski definition) is 0. The number of rotatable bonds is 3. The van der Waals surface area contributed by atoms with E-state index in [-0.39, 0.29) is 11.9 Å². The molecule has 1 atom stereocenters. The number of ether oxygens (including phenoxy) is 1. The lowest BCUT2D eigenvalue weighted by atomic mass is 9.78. The van der Waals surface area contributed by atoms with Gasteiger partial charge in [-0.05, 0) is 13.5 Å². The molecule has 3 heteroatoms. The number of esters is 1. The monoisotopic (exact) mass is 223 g/mol. The molecule has 0 N–H and O–H groups in total. The van der Waals surface area contributed by atoms with E-state index >= 15 is 0 Å². The number of terminal acetylenes is 1. The highest BCUT2D eigenvalue weighted by atomic mass is 16.6. The van der Waals surface area contributed by atoms with Gasteiger partial charge < -0.3 is 9.64 Å². The van der Waals surface area contributed by atoms with Crippen LogP contribution in [-0.2, 0) is 9.53 Å². The summed E-state index contributed by atoms with van der Waals surface area (Å²) in [5, 5.41) is 0. The highest BCUT2D eigenvalue weighted by molar-refractivity contribution is 5.66. The third-order valence-corrected chi connectivity index (χ3v) is 3.42. The molecule has 0 spiro atoms. The summed E-state index contributed by atoms with van der Waals surface area (Å²) in [6, 6.07) is 0. The molecule has 90 valence electrons. The number of nitrogens with zero attached hydrogens (tertiary/aromatic N) is 1. The van der Waals surface area contributed by atoms with Crippen molar-refractivity contribution in [3.05, 3.63) is 0 Å². The first kappa shape index (κ1) is 13.1. The Labute approximate surface area is 98.1 Å². The normalized spacial score (nSPS) is 22.1. The number of likely N-dealkylation sites (tertiary alicyclic amines) is 1. The summed E-state index contributed by atoms with van der Waals surface area (Å²) >= 11 is 0. The fourth-order valence-corrected chi connectivity index (χ4v) is 2.45. The standard InChI is InChI=1S/C13H21NO2/c1-5-12(6-2)13(16-11(3)15)7-9-14(4)10-8-13/h1,12H,6-10H2,2-4H3. The van der Waals surface area contributed by atoms with Gasteiger partial charge in [0.05, 0.1) is 5.92 Å². The number of hydrogen-bond acceptors (Lipinski definition) is 3. The molecule has 0 radical (unpaired) electrons. The zero-order chi connectivity index (χ0) is 12.2. The van der Waals surface area contributed by atoms with Crippen molar-refractivity contribution < 1.29 is 9.53 Å². The van der Waals surface area contributed by atoms with Gasteiger partial charge in [-0.2, -0.15) is 0 Å². The van der Waals surface area contributed by atoms with Crippen molar-refractivity contribution in [3.63, 3.8) is 0 Å². The second-order valence-corrected chi connectivity index (χ2v) is 4.59. The Balaban J connectivity index is 2.84. The third-order valence-electron chi connectivity index (χ3n) is 3.42. The van der Waals surface area contributed by atoms with Crippen LogP contribution in [0.15, 0.2) is 0 Å². The predicted molar refractivity (Wildman–Crippen MR) is 63.8 cm³/mol. The molecule has 1 unspecified atom stereocenters. The van der Waals surface area contributed by atoms with Crippen LogP contribution in [0.5, 0.6) is 0 Å². The summed E-state index contributed by atoms with van der Waals surface area (Å²) in [6.07, 6.45) is 8.09. The van der Waals surface area contributed by atoms with Crippen LogP contribution in [0.1, 0.15) is 33.1 Å². The third kappa shape index (κ3) is 2.76. The maximum Gasteiger partial charge on any atom is 0.303 e. The lowest BCUT2D eigenvalue weighted by Gasteiger charge is -2.43. The minimum Gasteiger partial charge on any atom is -0.458 e. The van der Waals surface area contributed by atoms with E-state index in [0.717, 1.165) is 32.4 Å². The van der Waals surface area contributed by atoms with E-state index in [0.29, 0.717) is 0 Å². The second kappa shape index (κ2) is 5.36. The number of piperidine rings is 1. The maximum atomic E-state index is 11.2. The average molecular weight is 223 g/mol. The molecule has 0 aromatic rings. The lowest BCUT2D eigenvalue weighted by molar-refractivity contribution is -0.167. The molecule has 0 amide bonds. The molecular formula is C13H21NO2. The summed E-state index contributed by atoms with van der Waals surface area (Å²) in [5.41, 5.74) is -0.429. The van der Waals surface area contributed by atoms with Crippen LogP contribution < -0.4 is 0 Å². The largest absolute Gasteiger partial charge is 0.458 e. The highest BCUT2D eigenvalue weighted by Gasteiger charge is 2.42. The Morgan fingerprint density at radius 1 is 1.56 bits per heavy atom. The van der Waals surface area contributed by atoms with Crippen molar-refractivity contribution in [2.24, 2.45) is 5.92 Å². The van der Waals surface area contributed by atoms with Crippen LogP contribution in [0.4, 0.5) is 0 Å². The maximum absolute atomic E-state index is 11.2. The summed E-state index contributed by atoms with van der Waals surface area (Å²) in [6.45, 7) is 5.38. The molecular weight excluding hydrogens is 202 g/mol. The van der Waals surface area contributed by atoms with Crippen LogP contribution >= 0.6 is 0 Å². The molecule has 1 rings (SSSR count). The first-order chi connectivity index (χ1) is 7.54. The smallest absolute Gasteiger partial charge is 0.303 e. The van der Waals surface area contributed by atoms with Crippen molar-refractivity contribution in [2.45, 2.75) is 38.7 Å². The Hall–Kier alpha value is -1.01. The van der Waals surface area contributed by atoms with Crippen molar-refractivity contribution >= 4 is 5.97 Å². The molecule has 0 bridgehead atoms. The van der Waals surface area contributed by atoms with E-state index in [2.05, 4.69) is 17.9 Å². The predicted octanol–water partition coefficient (Wildman–Crippen LogP) is 1.67. The molecule has 1 aliphatic rings. The van der Waals surface area contributed by atoms with Crippen LogP contribution in [0.3, 0.4) is 0 Å². The van der Waals surface area contributed by atoms with Gasteiger partial charge in [0, 0.05) is 32.9 Å². The molecule has 1 heterocycles. The van der Waals surface area contributed by atoms with E-state index in [1.165, 1.54) is 6.92 Å². The van der Waals surface area contributed by atoms with Gasteiger partial charge in [-0.3, -0.25) is 4.79 Å². The fourth-order valence-electron chi connectivity index (χ4n) is 2.45. The molecule has 16 heavy (non-hydrogen) atoms. The molecule has 0 aromatic carbocycles.